The molecule has 3 heteroatoms. The average Bonchev–Trinajstić information content (AvgIpc) is 2.90. The van der Waals surface area contributed by atoms with Gasteiger partial charge < -0.3 is 9.47 Å². The maximum Gasteiger partial charge on any atom is 0.343 e. The molecule has 0 fully saturated rings. The second-order valence-corrected chi connectivity index (χ2v) is 9.21. The minimum absolute atomic E-state index is 0.358. The summed E-state index contributed by atoms with van der Waals surface area (Å²) < 4.78 is 11.4. The molecule has 0 spiro atoms. The van der Waals surface area contributed by atoms with E-state index in [4.69, 9.17) is 9.47 Å². The third-order valence-electron chi connectivity index (χ3n) is 6.28. The van der Waals surface area contributed by atoms with E-state index in [-0.39, 0.29) is 5.97 Å². The van der Waals surface area contributed by atoms with Crippen molar-refractivity contribution < 1.29 is 14.3 Å². The maximum atomic E-state index is 12.6. The zero-order chi connectivity index (χ0) is 24.7. The van der Waals surface area contributed by atoms with Gasteiger partial charge in [-0.3, -0.25) is 0 Å². The van der Waals surface area contributed by atoms with Gasteiger partial charge in [-0.1, -0.05) is 95.2 Å². The van der Waals surface area contributed by atoms with E-state index in [1.165, 1.54) is 56.9 Å². The second kappa shape index (κ2) is 15.0. The molecule has 3 rings (SSSR count). The molecule has 0 aromatic heterocycles. The van der Waals surface area contributed by atoms with Crippen LogP contribution >= 0.6 is 0 Å². The van der Waals surface area contributed by atoms with Crippen molar-refractivity contribution in [2.24, 2.45) is 0 Å². The Morgan fingerprint density at radius 3 is 1.80 bits per heavy atom. The number of esters is 1. The van der Waals surface area contributed by atoms with Gasteiger partial charge in [0, 0.05) is 0 Å². The highest BCUT2D eigenvalue weighted by molar-refractivity contribution is 5.91. The van der Waals surface area contributed by atoms with Crippen LogP contribution in [0.2, 0.25) is 0 Å². The smallest absolute Gasteiger partial charge is 0.343 e. The van der Waals surface area contributed by atoms with Crippen molar-refractivity contribution >= 4 is 5.97 Å². The molecule has 0 aliphatic carbocycles. The van der Waals surface area contributed by atoms with E-state index < -0.39 is 0 Å². The summed E-state index contributed by atoms with van der Waals surface area (Å²) in [5.74, 6) is 0.965. The molecule has 35 heavy (non-hydrogen) atoms. The summed E-state index contributed by atoms with van der Waals surface area (Å²) >= 11 is 0. The Kier molecular flexibility index (Phi) is 11.4. The predicted octanol–water partition coefficient (Wildman–Crippen LogP) is 9.04. The fraction of sp³-hybridized carbons (Fsp3) is 0.406. The van der Waals surface area contributed by atoms with Gasteiger partial charge >= 0.3 is 5.97 Å². The molecule has 186 valence electrons. The summed E-state index contributed by atoms with van der Waals surface area (Å²) in [6, 6.07) is 23.6. The molecule has 0 aliphatic heterocycles. The third-order valence-corrected chi connectivity index (χ3v) is 6.28. The van der Waals surface area contributed by atoms with Crippen LogP contribution in [0.1, 0.15) is 87.6 Å². The lowest BCUT2D eigenvalue weighted by Gasteiger charge is -2.09. The molecule has 0 unspecified atom stereocenters. The lowest BCUT2D eigenvalue weighted by Crippen LogP contribution is -2.08. The van der Waals surface area contributed by atoms with Crippen molar-refractivity contribution in [2.45, 2.75) is 78.1 Å². The van der Waals surface area contributed by atoms with Crippen LogP contribution in [0.5, 0.6) is 11.5 Å². The summed E-state index contributed by atoms with van der Waals surface area (Å²) in [6.07, 6.45) is 12.3. The molecular weight excluding hydrogens is 432 g/mol. The minimum atomic E-state index is -0.358. The van der Waals surface area contributed by atoms with Gasteiger partial charge in [-0.2, -0.15) is 0 Å². The first kappa shape index (κ1) is 26.5. The van der Waals surface area contributed by atoms with Crippen molar-refractivity contribution in [3.8, 4) is 22.6 Å². The van der Waals surface area contributed by atoms with Gasteiger partial charge in [-0.05, 0) is 72.4 Å². The van der Waals surface area contributed by atoms with Crippen LogP contribution < -0.4 is 9.47 Å². The number of benzene rings is 3. The number of carbonyl (C=O) groups excluding carboxylic acids is 1. The Morgan fingerprint density at radius 2 is 1.14 bits per heavy atom. The molecule has 0 bridgehead atoms. The monoisotopic (exact) mass is 472 g/mol. The molecule has 0 saturated heterocycles. The zero-order valence-corrected chi connectivity index (χ0v) is 21.4. The van der Waals surface area contributed by atoms with Gasteiger partial charge in [0.25, 0.3) is 0 Å². The van der Waals surface area contributed by atoms with Gasteiger partial charge in [0.15, 0.2) is 0 Å². The van der Waals surface area contributed by atoms with Crippen LogP contribution in [-0.2, 0) is 6.42 Å². The van der Waals surface area contributed by atoms with E-state index in [1.807, 2.05) is 36.4 Å². The maximum absolute atomic E-state index is 12.6. The number of unbranched alkanes of at least 4 members (excludes halogenated alkanes) is 7. The number of rotatable bonds is 15. The Bertz CT molecular complexity index is 988. The van der Waals surface area contributed by atoms with Crippen LogP contribution in [0, 0.1) is 0 Å². The largest absolute Gasteiger partial charge is 0.494 e. The van der Waals surface area contributed by atoms with Crippen LogP contribution in [0.4, 0.5) is 0 Å². The Morgan fingerprint density at radius 1 is 0.600 bits per heavy atom. The van der Waals surface area contributed by atoms with Crippen molar-refractivity contribution in [3.05, 3.63) is 83.9 Å². The summed E-state index contributed by atoms with van der Waals surface area (Å²) in [5, 5.41) is 0. The van der Waals surface area contributed by atoms with Crippen LogP contribution in [0.25, 0.3) is 11.1 Å². The van der Waals surface area contributed by atoms with Crippen molar-refractivity contribution in [1.29, 1.82) is 0 Å². The Hall–Kier alpha value is -3.07. The quantitative estimate of drug-likeness (QED) is 0.126. The van der Waals surface area contributed by atoms with Gasteiger partial charge in [0.2, 0.25) is 0 Å². The molecule has 3 aromatic rings. The van der Waals surface area contributed by atoms with E-state index in [1.54, 1.807) is 12.1 Å². The molecule has 0 N–H and O–H groups in total. The number of hydrogen-bond donors (Lipinski definition) is 0. The van der Waals surface area contributed by atoms with Gasteiger partial charge in [-0.15, -0.1) is 0 Å². The van der Waals surface area contributed by atoms with Gasteiger partial charge in [-0.25, -0.2) is 4.79 Å². The summed E-state index contributed by atoms with van der Waals surface area (Å²) in [5.41, 5.74) is 4.16. The molecule has 3 aromatic carbocycles. The highest BCUT2D eigenvalue weighted by Gasteiger charge is 2.09. The molecular formula is C32H40O3. The SMILES string of the molecule is CCCCCCCCOc1ccc(OC(=O)c2ccc(-c3ccc(CCCCC)cc3)cc2)cc1. The fourth-order valence-electron chi connectivity index (χ4n) is 4.08. The highest BCUT2D eigenvalue weighted by atomic mass is 16.5. The van der Waals surface area contributed by atoms with Crippen LogP contribution in [0.3, 0.4) is 0 Å². The Labute approximate surface area is 211 Å². The summed E-state index contributed by atoms with van der Waals surface area (Å²) in [6.45, 7) is 5.18. The Balaban J connectivity index is 1.45. The summed E-state index contributed by atoms with van der Waals surface area (Å²) in [7, 11) is 0. The van der Waals surface area contributed by atoms with E-state index >= 15 is 0 Å². The van der Waals surface area contributed by atoms with Crippen LogP contribution in [0.15, 0.2) is 72.8 Å². The first-order chi connectivity index (χ1) is 17.2. The third kappa shape index (κ3) is 9.24. The molecule has 3 nitrogen and oxygen atoms in total. The molecule has 0 saturated carbocycles. The topological polar surface area (TPSA) is 35.5 Å². The molecule has 0 radical (unpaired) electrons. The van der Waals surface area contributed by atoms with Crippen LogP contribution in [-0.4, -0.2) is 12.6 Å². The van der Waals surface area contributed by atoms with E-state index in [9.17, 15) is 4.79 Å². The first-order valence-corrected chi connectivity index (χ1v) is 13.3. The number of carbonyl (C=O) groups is 1. The normalized spacial score (nSPS) is 10.8. The van der Waals surface area contributed by atoms with Crippen molar-refractivity contribution in [1.82, 2.24) is 0 Å². The van der Waals surface area contributed by atoms with Crippen molar-refractivity contribution in [3.63, 3.8) is 0 Å². The predicted molar refractivity (Wildman–Crippen MR) is 145 cm³/mol. The number of ether oxygens (including phenoxy) is 2. The molecule has 0 atom stereocenters. The van der Waals surface area contributed by atoms with Gasteiger partial charge in [0.05, 0.1) is 12.2 Å². The molecule has 0 aliphatic rings. The second-order valence-electron chi connectivity index (χ2n) is 9.21. The summed E-state index contributed by atoms with van der Waals surface area (Å²) in [4.78, 5) is 12.6. The average molecular weight is 473 g/mol. The molecule has 0 heterocycles. The lowest BCUT2D eigenvalue weighted by atomic mass is 10.0. The van der Waals surface area contributed by atoms with E-state index in [0.29, 0.717) is 11.3 Å². The van der Waals surface area contributed by atoms with E-state index in [2.05, 4.69) is 38.1 Å². The number of aryl methyl sites for hydroxylation is 1. The van der Waals surface area contributed by atoms with E-state index in [0.717, 1.165) is 36.3 Å². The van der Waals surface area contributed by atoms with Gasteiger partial charge in [0.1, 0.15) is 11.5 Å². The molecule has 0 amide bonds. The number of hydrogen-bond acceptors (Lipinski definition) is 3. The standard InChI is InChI=1S/C32H40O3/c1-3-5-7-8-9-11-25-34-30-21-23-31(24-22-30)35-32(33)29-19-17-28(18-20-29)27-15-13-26(14-16-27)12-10-6-4-2/h13-24H,3-12,25H2,1-2H3. The zero-order valence-electron chi connectivity index (χ0n) is 21.4. The minimum Gasteiger partial charge on any atom is -0.494 e. The van der Waals surface area contributed by atoms with Crippen molar-refractivity contribution in [2.75, 3.05) is 6.61 Å². The first-order valence-electron chi connectivity index (χ1n) is 13.3. The highest BCUT2D eigenvalue weighted by Crippen LogP contribution is 2.23. The lowest BCUT2D eigenvalue weighted by molar-refractivity contribution is 0.0734. The fourth-order valence-corrected chi connectivity index (χ4v) is 4.08.